The van der Waals surface area contributed by atoms with Crippen LogP contribution in [0.5, 0.6) is 0 Å². The molecule has 0 unspecified atom stereocenters. The summed E-state index contributed by atoms with van der Waals surface area (Å²) in [7, 11) is 0. The van der Waals surface area contributed by atoms with Crippen molar-refractivity contribution in [2.75, 3.05) is 0 Å². The molecule has 2 aromatic rings. The fourth-order valence-corrected chi connectivity index (χ4v) is 1.95. The van der Waals surface area contributed by atoms with Gasteiger partial charge in [0, 0.05) is 22.1 Å². The highest BCUT2D eigenvalue weighted by molar-refractivity contribution is 9.10. The molecule has 0 atom stereocenters. The average molecular weight is 308 g/mol. The molecule has 0 spiro atoms. The maximum atomic E-state index is 13.5. The summed E-state index contributed by atoms with van der Waals surface area (Å²) in [6.07, 6.45) is 0. The SMILES string of the molecule is O=C(NCc1cc(Br)ccc1F)c1ccccc1. The lowest BCUT2D eigenvalue weighted by molar-refractivity contribution is 0.0950. The van der Waals surface area contributed by atoms with E-state index in [1.807, 2.05) is 6.07 Å². The van der Waals surface area contributed by atoms with Crippen molar-refractivity contribution in [1.82, 2.24) is 5.32 Å². The largest absolute Gasteiger partial charge is 0.348 e. The second kappa shape index (κ2) is 5.78. The molecule has 0 aromatic heterocycles. The van der Waals surface area contributed by atoms with Gasteiger partial charge in [0.05, 0.1) is 0 Å². The first kappa shape index (κ1) is 12.8. The number of halogens is 2. The van der Waals surface area contributed by atoms with Gasteiger partial charge in [0.2, 0.25) is 0 Å². The zero-order valence-electron chi connectivity index (χ0n) is 9.49. The molecule has 0 radical (unpaired) electrons. The first-order valence-corrected chi connectivity index (χ1v) is 6.23. The third-order valence-electron chi connectivity index (χ3n) is 2.48. The monoisotopic (exact) mass is 307 g/mol. The van der Waals surface area contributed by atoms with E-state index in [1.165, 1.54) is 6.07 Å². The van der Waals surface area contributed by atoms with Gasteiger partial charge in [0.25, 0.3) is 5.91 Å². The number of benzene rings is 2. The van der Waals surface area contributed by atoms with Gasteiger partial charge in [-0.05, 0) is 30.3 Å². The normalized spacial score (nSPS) is 10.1. The van der Waals surface area contributed by atoms with Crippen LogP contribution < -0.4 is 5.32 Å². The Hall–Kier alpha value is -1.68. The van der Waals surface area contributed by atoms with E-state index in [0.717, 1.165) is 4.47 Å². The van der Waals surface area contributed by atoms with Crippen molar-refractivity contribution in [2.24, 2.45) is 0 Å². The summed E-state index contributed by atoms with van der Waals surface area (Å²) in [6, 6.07) is 13.5. The van der Waals surface area contributed by atoms with Gasteiger partial charge in [-0.3, -0.25) is 4.79 Å². The Labute approximate surface area is 113 Å². The molecule has 0 heterocycles. The summed E-state index contributed by atoms with van der Waals surface area (Å²) in [5.74, 6) is -0.540. The smallest absolute Gasteiger partial charge is 0.251 e. The molecule has 1 amide bonds. The van der Waals surface area contributed by atoms with Crippen molar-refractivity contribution in [1.29, 1.82) is 0 Å². The molecule has 0 saturated heterocycles. The average Bonchev–Trinajstić information content (AvgIpc) is 2.40. The maximum Gasteiger partial charge on any atom is 0.251 e. The van der Waals surface area contributed by atoms with Gasteiger partial charge in [-0.25, -0.2) is 4.39 Å². The molecule has 0 aliphatic rings. The zero-order chi connectivity index (χ0) is 13.0. The standard InChI is InChI=1S/C14H11BrFNO/c15-12-6-7-13(16)11(8-12)9-17-14(18)10-4-2-1-3-5-10/h1-8H,9H2,(H,17,18). The fourth-order valence-electron chi connectivity index (χ4n) is 1.55. The Bertz CT molecular complexity index is 557. The van der Waals surface area contributed by atoms with Gasteiger partial charge >= 0.3 is 0 Å². The minimum Gasteiger partial charge on any atom is -0.348 e. The van der Waals surface area contributed by atoms with Crippen molar-refractivity contribution in [3.8, 4) is 0 Å². The van der Waals surface area contributed by atoms with Crippen LogP contribution in [-0.4, -0.2) is 5.91 Å². The van der Waals surface area contributed by atoms with E-state index < -0.39 is 0 Å². The first-order chi connectivity index (χ1) is 8.66. The van der Waals surface area contributed by atoms with Gasteiger partial charge in [0.15, 0.2) is 0 Å². The Kier molecular flexibility index (Phi) is 4.10. The van der Waals surface area contributed by atoms with Gasteiger partial charge in [-0.15, -0.1) is 0 Å². The Morgan fingerprint density at radius 2 is 1.89 bits per heavy atom. The van der Waals surface area contributed by atoms with E-state index in [2.05, 4.69) is 21.2 Å². The highest BCUT2D eigenvalue weighted by atomic mass is 79.9. The predicted molar refractivity (Wildman–Crippen MR) is 71.7 cm³/mol. The van der Waals surface area contributed by atoms with Crippen LogP contribution in [0.25, 0.3) is 0 Å². The van der Waals surface area contributed by atoms with Crippen LogP contribution in [0, 0.1) is 5.82 Å². The summed E-state index contributed by atoms with van der Waals surface area (Å²) in [4.78, 5) is 11.8. The van der Waals surface area contributed by atoms with E-state index in [0.29, 0.717) is 11.1 Å². The van der Waals surface area contributed by atoms with Crippen molar-refractivity contribution >= 4 is 21.8 Å². The molecule has 1 N–H and O–H groups in total. The summed E-state index contributed by atoms with van der Waals surface area (Å²) < 4.78 is 14.2. The third-order valence-corrected chi connectivity index (χ3v) is 2.98. The molecule has 0 aliphatic carbocycles. The number of hydrogen-bond donors (Lipinski definition) is 1. The van der Waals surface area contributed by atoms with Crippen LogP contribution in [0.4, 0.5) is 4.39 Å². The molecule has 0 saturated carbocycles. The Morgan fingerprint density at radius 3 is 2.61 bits per heavy atom. The molecular formula is C14H11BrFNO. The van der Waals surface area contributed by atoms with Crippen LogP contribution in [0.15, 0.2) is 53.0 Å². The van der Waals surface area contributed by atoms with Gasteiger partial charge in [0.1, 0.15) is 5.82 Å². The summed E-state index contributed by atoms with van der Waals surface area (Å²) >= 11 is 3.27. The van der Waals surface area contributed by atoms with Crippen molar-refractivity contribution in [2.45, 2.75) is 6.54 Å². The molecule has 0 bridgehead atoms. The highest BCUT2D eigenvalue weighted by Crippen LogP contribution is 2.15. The zero-order valence-corrected chi connectivity index (χ0v) is 11.1. The first-order valence-electron chi connectivity index (χ1n) is 5.44. The lowest BCUT2D eigenvalue weighted by atomic mass is 10.2. The number of nitrogens with one attached hydrogen (secondary N) is 1. The minimum atomic E-state index is -0.327. The Balaban J connectivity index is 2.04. The van der Waals surface area contributed by atoms with Crippen LogP contribution in [0.3, 0.4) is 0 Å². The molecule has 2 rings (SSSR count). The summed E-state index contributed by atoms with van der Waals surface area (Å²) in [6.45, 7) is 0.166. The molecule has 2 nitrogen and oxygen atoms in total. The molecule has 0 aliphatic heterocycles. The van der Waals surface area contributed by atoms with E-state index in [4.69, 9.17) is 0 Å². The Morgan fingerprint density at radius 1 is 1.17 bits per heavy atom. The minimum absolute atomic E-state index is 0.166. The molecule has 18 heavy (non-hydrogen) atoms. The fraction of sp³-hybridized carbons (Fsp3) is 0.0714. The highest BCUT2D eigenvalue weighted by Gasteiger charge is 2.07. The van der Waals surface area contributed by atoms with Gasteiger partial charge in [-0.2, -0.15) is 0 Å². The van der Waals surface area contributed by atoms with E-state index in [9.17, 15) is 9.18 Å². The summed E-state index contributed by atoms with van der Waals surface area (Å²) in [5, 5.41) is 2.68. The van der Waals surface area contributed by atoms with Crippen LogP contribution in [-0.2, 0) is 6.54 Å². The molecule has 2 aromatic carbocycles. The molecule has 92 valence electrons. The summed E-state index contributed by atoms with van der Waals surface area (Å²) in [5.41, 5.74) is 1.02. The second-order valence-electron chi connectivity index (χ2n) is 3.78. The van der Waals surface area contributed by atoms with Crippen molar-refractivity contribution < 1.29 is 9.18 Å². The quantitative estimate of drug-likeness (QED) is 0.923. The number of carbonyl (C=O) groups is 1. The maximum absolute atomic E-state index is 13.5. The van der Waals surface area contributed by atoms with Gasteiger partial charge < -0.3 is 5.32 Å². The lowest BCUT2D eigenvalue weighted by Gasteiger charge is -2.06. The van der Waals surface area contributed by atoms with Crippen LogP contribution >= 0.6 is 15.9 Å². The molecular weight excluding hydrogens is 297 g/mol. The number of hydrogen-bond acceptors (Lipinski definition) is 1. The van der Waals surface area contributed by atoms with Crippen LogP contribution in [0.2, 0.25) is 0 Å². The molecule has 0 fully saturated rings. The lowest BCUT2D eigenvalue weighted by Crippen LogP contribution is -2.23. The predicted octanol–water partition coefficient (Wildman–Crippen LogP) is 3.52. The molecule has 4 heteroatoms. The van der Waals surface area contributed by atoms with E-state index in [-0.39, 0.29) is 18.3 Å². The van der Waals surface area contributed by atoms with E-state index >= 15 is 0 Å². The number of carbonyl (C=O) groups excluding carboxylic acids is 1. The van der Waals surface area contributed by atoms with Crippen molar-refractivity contribution in [3.05, 3.63) is 69.9 Å². The van der Waals surface area contributed by atoms with Crippen molar-refractivity contribution in [3.63, 3.8) is 0 Å². The number of rotatable bonds is 3. The third kappa shape index (κ3) is 3.17. The second-order valence-corrected chi connectivity index (χ2v) is 4.70. The van der Waals surface area contributed by atoms with Crippen LogP contribution in [0.1, 0.15) is 15.9 Å². The van der Waals surface area contributed by atoms with E-state index in [1.54, 1.807) is 36.4 Å². The number of amides is 1. The topological polar surface area (TPSA) is 29.1 Å². The van der Waals surface area contributed by atoms with Gasteiger partial charge in [-0.1, -0.05) is 34.1 Å².